The number of allylic oxidation sites excluding steroid dienone is 1. The van der Waals surface area contributed by atoms with Gasteiger partial charge in [-0.05, 0) is 70.2 Å². The third-order valence-electron chi connectivity index (χ3n) is 5.26. The van der Waals surface area contributed by atoms with Crippen LogP contribution in [-0.2, 0) is 6.42 Å². The van der Waals surface area contributed by atoms with Crippen LogP contribution in [0.3, 0.4) is 0 Å². The second kappa shape index (κ2) is 9.85. The predicted octanol–water partition coefficient (Wildman–Crippen LogP) is 6.20. The molecule has 0 aliphatic carbocycles. The molecule has 33 heavy (non-hydrogen) atoms. The van der Waals surface area contributed by atoms with Crippen LogP contribution in [0, 0.1) is 0 Å². The Morgan fingerprint density at radius 3 is 2.73 bits per heavy atom. The van der Waals surface area contributed by atoms with Crippen molar-refractivity contribution >= 4 is 57.0 Å². The van der Waals surface area contributed by atoms with E-state index in [1.54, 1.807) is 23.7 Å². The van der Waals surface area contributed by atoms with Crippen LogP contribution >= 0.6 is 22.9 Å². The van der Waals surface area contributed by atoms with E-state index in [9.17, 15) is 0 Å². The largest absolute Gasteiger partial charge is 0.263 e. The molecule has 0 saturated heterocycles. The molecule has 6 nitrogen and oxygen atoms in total. The molecule has 0 amide bonds. The Morgan fingerprint density at radius 1 is 1.03 bits per heavy atom. The van der Waals surface area contributed by atoms with E-state index in [1.807, 2.05) is 23.7 Å². The molecule has 5 rings (SSSR count). The van der Waals surface area contributed by atoms with Crippen molar-refractivity contribution in [2.45, 2.75) is 12.8 Å². The summed E-state index contributed by atoms with van der Waals surface area (Å²) in [6.45, 7) is 0. The van der Waals surface area contributed by atoms with Crippen molar-refractivity contribution < 1.29 is 0 Å². The first-order valence-corrected chi connectivity index (χ1v) is 11.6. The summed E-state index contributed by atoms with van der Waals surface area (Å²) in [5.74, 6) is 0.555. The molecule has 3 aromatic heterocycles. The van der Waals surface area contributed by atoms with Gasteiger partial charge in [-0.2, -0.15) is 5.21 Å². The summed E-state index contributed by atoms with van der Waals surface area (Å²) < 4.78 is 1.18. The molecule has 0 bridgehead atoms. The van der Waals surface area contributed by atoms with E-state index in [-0.39, 0.29) is 0 Å². The number of thiazole rings is 1. The number of H-pyrrole nitrogens is 1. The number of hydrogen-bond acceptors (Lipinski definition) is 6. The highest BCUT2D eigenvalue weighted by atomic mass is 35.5. The molecular weight excluding hydrogens is 452 g/mol. The van der Waals surface area contributed by atoms with Crippen LogP contribution in [0.1, 0.15) is 34.5 Å². The molecule has 0 aliphatic rings. The number of aryl methyl sites for hydroxylation is 1. The summed E-state index contributed by atoms with van der Waals surface area (Å²) in [5.41, 5.74) is 8.49. The highest BCUT2D eigenvalue weighted by Crippen LogP contribution is 2.30. The average molecular weight is 471 g/mol. The van der Waals surface area contributed by atoms with Gasteiger partial charge >= 0.3 is 0 Å². The van der Waals surface area contributed by atoms with Crippen LogP contribution in [0.25, 0.3) is 34.0 Å². The Labute approximate surface area is 199 Å². The van der Waals surface area contributed by atoms with Gasteiger partial charge in [0, 0.05) is 12.4 Å². The van der Waals surface area contributed by atoms with Gasteiger partial charge in [0.05, 0.1) is 20.7 Å². The summed E-state index contributed by atoms with van der Waals surface area (Å²) in [7, 11) is 0. The Hall–Kier alpha value is -3.68. The Morgan fingerprint density at radius 2 is 1.91 bits per heavy atom. The quantitative estimate of drug-likeness (QED) is 0.306. The SMILES string of the molecule is Clc1cnccc1/C(=C/c1ccc2scnc2c1)CCc1ccc(/C=C/c2nn[nH]n2)cc1. The summed E-state index contributed by atoms with van der Waals surface area (Å²) in [6, 6.07) is 16.8. The topological polar surface area (TPSA) is 80.2 Å². The van der Waals surface area contributed by atoms with Crippen molar-refractivity contribution in [1.29, 1.82) is 0 Å². The zero-order valence-corrected chi connectivity index (χ0v) is 19.1. The molecule has 0 unspecified atom stereocenters. The van der Waals surface area contributed by atoms with Gasteiger partial charge in [-0.1, -0.05) is 54.1 Å². The fourth-order valence-electron chi connectivity index (χ4n) is 3.57. The van der Waals surface area contributed by atoms with Crippen molar-refractivity contribution in [3.05, 3.63) is 99.5 Å². The first-order valence-electron chi connectivity index (χ1n) is 10.4. The number of aromatic nitrogens is 6. The Balaban J connectivity index is 1.36. The third kappa shape index (κ3) is 5.22. The van der Waals surface area contributed by atoms with Gasteiger partial charge in [-0.3, -0.25) is 4.98 Å². The average Bonchev–Trinajstić information content (AvgIpc) is 3.53. The van der Waals surface area contributed by atoms with E-state index in [0.717, 1.165) is 40.6 Å². The molecular formula is C25H19ClN6S. The molecule has 8 heteroatoms. The number of tetrazole rings is 1. The minimum absolute atomic E-state index is 0.555. The number of benzene rings is 2. The van der Waals surface area contributed by atoms with Crippen LogP contribution in [0.2, 0.25) is 5.02 Å². The lowest BCUT2D eigenvalue weighted by atomic mass is 9.96. The predicted molar refractivity (Wildman–Crippen MR) is 135 cm³/mol. The minimum Gasteiger partial charge on any atom is -0.263 e. The van der Waals surface area contributed by atoms with Crippen molar-refractivity contribution in [2.24, 2.45) is 0 Å². The van der Waals surface area contributed by atoms with E-state index < -0.39 is 0 Å². The van der Waals surface area contributed by atoms with E-state index in [2.05, 4.69) is 79.1 Å². The standard InChI is InChI=1S/C25H19ClN6S/c26-22-15-27-12-11-21(22)20(13-19-6-9-24-23(14-19)28-16-33-24)8-5-17-1-3-18(4-2-17)7-10-25-29-31-32-30-25/h1-4,6-7,9-16H,5,8H2,(H,29,30,31,32)/b10-7+,20-13+. The normalized spacial score (nSPS) is 12.1. The van der Waals surface area contributed by atoms with Gasteiger partial charge in [0.15, 0.2) is 5.82 Å². The lowest BCUT2D eigenvalue weighted by Gasteiger charge is -2.11. The van der Waals surface area contributed by atoms with Gasteiger partial charge in [-0.25, -0.2) is 4.98 Å². The maximum Gasteiger partial charge on any atom is 0.197 e. The molecule has 1 N–H and O–H groups in total. The van der Waals surface area contributed by atoms with Crippen molar-refractivity contribution in [1.82, 2.24) is 30.6 Å². The second-order valence-electron chi connectivity index (χ2n) is 7.45. The summed E-state index contributed by atoms with van der Waals surface area (Å²) in [4.78, 5) is 8.59. The number of rotatable bonds is 7. The fraction of sp³-hybridized carbons (Fsp3) is 0.0800. The van der Waals surface area contributed by atoms with Crippen molar-refractivity contribution in [3.8, 4) is 0 Å². The molecule has 3 heterocycles. The second-order valence-corrected chi connectivity index (χ2v) is 8.74. The molecule has 0 saturated carbocycles. The number of fused-ring (bicyclic) bond motifs is 1. The Kier molecular flexibility index (Phi) is 6.32. The number of hydrogen-bond donors (Lipinski definition) is 1. The minimum atomic E-state index is 0.555. The molecule has 162 valence electrons. The number of halogens is 1. The third-order valence-corrected chi connectivity index (χ3v) is 6.37. The van der Waals surface area contributed by atoms with Crippen LogP contribution < -0.4 is 0 Å². The van der Waals surface area contributed by atoms with Crippen LogP contribution in [-0.4, -0.2) is 30.6 Å². The van der Waals surface area contributed by atoms with Gasteiger partial charge in [0.2, 0.25) is 0 Å². The highest BCUT2D eigenvalue weighted by molar-refractivity contribution is 7.16. The van der Waals surface area contributed by atoms with Gasteiger partial charge in [-0.15, -0.1) is 21.5 Å². The zero-order valence-electron chi connectivity index (χ0n) is 17.5. The Bertz CT molecular complexity index is 1420. The highest BCUT2D eigenvalue weighted by Gasteiger charge is 2.09. The number of pyridine rings is 1. The number of nitrogens with one attached hydrogen (secondary N) is 1. The molecule has 0 aliphatic heterocycles. The fourth-order valence-corrected chi connectivity index (χ4v) is 4.47. The van der Waals surface area contributed by atoms with E-state index in [0.29, 0.717) is 10.8 Å². The molecule has 0 spiro atoms. The first-order chi connectivity index (χ1) is 16.2. The smallest absolute Gasteiger partial charge is 0.197 e. The van der Waals surface area contributed by atoms with Crippen LogP contribution in [0.5, 0.6) is 0 Å². The molecule has 0 fully saturated rings. The first kappa shape index (κ1) is 21.2. The van der Waals surface area contributed by atoms with Crippen molar-refractivity contribution in [2.75, 3.05) is 0 Å². The van der Waals surface area contributed by atoms with Crippen molar-refractivity contribution in [3.63, 3.8) is 0 Å². The summed E-state index contributed by atoms with van der Waals surface area (Å²) in [5, 5.41) is 14.5. The maximum absolute atomic E-state index is 6.50. The maximum atomic E-state index is 6.50. The molecule has 5 aromatic rings. The monoisotopic (exact) mass is 470 g/mol. The van der Waals surface area contributed by atoms with Gasteiger partial charge in [0.1, 0.15) is 0 Å². The number of nitrogens with zero attached hydrogens (tertiary/aromatic N) is 5. The molecule has 2 aromatic carbocycles. The van der Waals surface area contributed by atoms with E-state index in [4.69, 9.17) is 11.6 Å². The van der Waals surface area contributed by atoms with Gasteiger partial charge < -0.3 is 0 Å². The lowest BCUT2D eigenvalue weighted by Crippen LogP contribution is -1.92. The zero-order chi connectivity index (χ0) is 22.5. The summed E-state index contributed by atoms with van der Waals surface area (Å²) >= 11 is 8.15. The summed E-state index contributed by atoms with van der Waals surface area (Å²) in [6.07, 6.45) is 11.2. The molecule has 0 radical (unpaired) electrons. The van der Waals surface area contributed by atoms with E-state index in [1.165, 1.54) is 10.3 Å². The lowest BCUT2D eigenvalue weighted by molar-refractivity contribution is 0.881. The van der Waals surface area contributed by atoms with E-state index >= 15 is 0 Å². The van der Waals surface area contributed by atoms with Crippen LogP contribution in [0.15, 0.2) is 66.4 Å². The number of aromatic amines is 1. The molecule has 0 atom stereocenters. The van der Waals surface area contributed by atoms with Gasteiger partial charge in [0.25, 0.3) is 0 Å². The van der Waals surface area contributed by atoms with Crippen LogP contribution in [0.4, 0.5) is 0 Å².